The Hall–Kier alpha value is -1.28. The first-order valence-electron chi connectivity index (χ1n) is 6.53. The molecule has 1 heterocycles. The molecule has 0 aliphatic carbocycles. The summed E-state index contributed by atoms with van der Waals surface area (Å²) in [6, 6.07) is 6.82. The second-order valence-electron chi connectivity index (χ2n) is 4.57. The van der Waals surface area contributed by atoms with Crippen molar-refractivity contribution in [2.24, 2.45) is 7.05 Å². The van der Waals surface area contributed by atoms with Crippen molar-refractivity contribution in [1.82, 2.24) is 9.88 Å². The van der Waals surface area contributed by atoms with Crippen molar-refractivity contribution < 1.29 is 0 Å². The van der Waals surface area contributed by atoms with E-state index in [-0.39, 0.29) is 0 Å². The fourth-order valence-electron chi connectivity index (χ4n) is 2.34. The summed E-state index contributed by atoms with van der Waals surface area (Å²) in [6.45, 7) is 6.47. The molecule has 2 nitrogen and oxygen atoms in total. The zero-order valence-corrected chi connectivity index (χ0v) is 11.1. The van der Waals surface area contributed by atoms with Gasteiger partial charge in [-0.05, 0) is 49.2 Å². The van der Waals surface area contributed by atoms with Crippen LogP contribution in [0, 0.1) is 0 Å². The summed E-state index contributed by atoms with van der Waals surface area (Å²) >= 11 is 0. The normalized spacial score (nSPS) is 11.2. The van der Waals surface area contributed by atoms with E-state index >= 15 is 0 Å². The van der Waals surface area contributed by atoms with E-state index in [1.165, 1.54) is 22.0 Å². The molecule has 1 aromatic carbocycles. The summed E-state index contributed by atoms with van der Waals surface area (Å²) in [5, 5.41) is 4.81. The fourth-order valence-corrected chi connectivity index (χ4v) is 2.34. The van der Waals surface area contributed by atoms with Crippen molar-refractivity contribution in [1.29, 1.82) is 0 Å². The average molecular weight is 230 g/mol. The van der Waals surface area contributed by atoms with Gasteiger partial charge >= 0.3 is 0 Å². The lowest BCUT2D eigenvalue weighted by Gasteiger charge is -2.02. The van der Waals surface area contributed by atoms with Gasteiger partial charge in [0.1, 0.15) is 0 Å². The highest BCUT2D eigenvalue weighted by atomic mass is 14.9. The highest BCUT2D eigenvalue weighted by molar-refractivity contribution is 5.84. The van der Waals surface area contributed by atoms with Crippen LogP contribution in [-0.4, -0.2) is 17.7 Å². The predicted molar refractivity (Wildman–Crippen MR) is 74.5 cm³/mol. The van der Waals surface area contributed by atoms with Gasteiger partial charge < -0.3 is 9.88 Å². The zero-order chi connectivity index (χ0) is 12.3. The quantitative estimate of drug-likeness (QED) is 0.782. The second kappa shape index (κ2) is 5.37. The molecule has 0 saturated heterocycles. The first-order valence-corrected chi connectivity index (χ1v) is 6.53. The Balaban J connectivity index is 2.34. The molecule has 0 unspecified atom stereocenters. The standard InChI is InChI=1S/C15H22N2/c1-4-12-6-7-15-14(10-12)13(11-17(15)3)8-9-16-5-2/h6-7,10-11,16H,4-5,8-9H2,1-3H3. The van der Waals surface area contributed by atoms with Crippen LogP contribution in [0.4, 0.5) is 0 Å². The van der Waals surface area contributed by atoms with E-state index in [0.717, 1.165) is 25.9 Å². The number of hydrogen-bond donors (Lipinski definition) is 1. The molecule has 0 fully saturated rings. The molecule has 2 rings (SSSR count). The maximum Gasteiger partial charge on any atom is 0.0480 e. The SMILES string of the molecule is CCNCCc1cn(C)c2ccc(CC)cc12. The van der Waals surface area contributed by atoms with Gasteiger partial charge in [-0.15, -0.1) is 0 Å². The van der Waals surface area contributed by atoms with Gasteiger partial charge in [0.05, 0.1) is 0 Å². The van der Waals surface area contributed by atoms with Crippen LogP contribution in [0.3, 0.4) is 0 Å². The molecule has 0 saturated carbocycles. The van der Waals surface area contributed by atoms with Gasteiger partial charge in [0.25, 0.3) is 0 Å². The van der Waals surface area contributed by atoms with Gasteiger partial charge in [-0.1, -0.05) is 19.9 Å². The van der Waals surface area contributed by atoms with Crippen molar-refractivity contribution in [3.8, 4) is 0 Å². The Morgan fingerprint density at radius 2 is 2.06 bits per heavy atom. The molecule has 0 aliphatic rings. The second-order valence-corrected chi connectivity index (χ2v) is 4.57. The van der Waals surface area contributed by atoms with Crippen LogP contribution in [0.25, 0.3) is 10.9 Å². The van der Waals surface area contributed by atoms with E-state index in [1.54, 1.807) is 0 Å². The van der Waals surface area contributed by atoms with Crippen LogP contribution in [0.2, 0.25) is 0 Å². The molecule has 0 spiro atoms. The summed E-state index contributed by atoms with van der Waals surface area (Å²) in [5.74, 6) is 0. The lowest BCUT2D eigenvalue weighted by molar-refractivity contribution is 0.717. The van der Waals surface area contributed by atoms with E-state index < -0.39 is 0 Å². The molecule has 0 bridgehead atoms. The third-order valence-electron chi connectivity index (χ3n) is 3.37. The molecule has 2 aromatic rings. The molecule has 17 heavy (non-hydrogen) atoms. The molecule has 1 N–H and O–H groups in total. The molecule has 0 aliphatic heterocycles. The van der Waals surface area contributed by atoms with Crippen LogP contribution in [0.1, 0.15) is 25.0 Å². The minimum absolute atomic E-state index is 1.05. The van der Waals surface area contributed by atoms with Crippen LogP contribution in [0.15, 0.2) is 24.4 Å². The molecular weight excluding hydrogens is 208 g/mol. The Morgan fingerprint density at radius 1 is 1.24 bits per heavy atom. The van der Waals surface area contributed by atoms with E-state index in [0.29, 0.717) is 0 Å². The van der Waals surface area contributed by atoms with Gasteiger partial charge in [0, 0.05) is 24.1 Å². The lowest BCUT2D eigenvalue weighted by Crippen LogP contribution is -2.15. The highest BCUT2D eigenvalue weighted by Crippen LogP contribution is 2.22. The Bertz CT molecular complexity index is 497. The summed E-state index contributed by atoms with van der Waals surface area (Å²) in [6.07, 6.45) is 4.48. The van der Waals surface area contributed by atoms with E-state index in [9.17, 15) is 0 Å². The van der Waals surface area contributed by atoms with E-state index in [2.05, 4.69) is 55.2 Å². The number of nitrogens with zero attached hydrogens (tertiary/aromatic N) is 1. The largest absolute Gasteiger partial charge is 0.350 e. The van der Waals surface area contributed by atoms with E-state index in [1.807, 2.05) is 0 Å². The van der Waals surface area contributed by atoms with Crippen molar-refractivity contribution in [2.75, 3.05) is 13.1 Å². The fraction of sp³-hybridized carbons (Fsp3) is 0.467. The van der Waals surface area contributed by atoms with Crippen molar-refractivity contribution in [3.63, 3.8) is 0 Å². The molecule has 2 heteroatoms. The highest BCUT2D eigenvalue weighted by Gasteiger charge is 2.06. The molecule has 92 valence electrons. The monoisotopic (exact) mass is 230 g/mol. The topological polar surface area (TPSA) is 17.0 Å². The third-order valence-corrected chi connectivity index (χ3v) is 3.37. The van der Waals surface area contributed by atoms with Gasteiger partial charge in [0.15, 0.2) is 0 Å². The Kier molecular flexibility index (Phi) is 3.85. The van der Waals surface area contributed by atoms with Crippen LogP contribution in [-0.2, 0) is 19.9 Å². The lowest BCUT2D eigenvalue weighted by atomic mass is 10.1. The van der Waals surface area contributed by atoms with Gasteiger partial charge in [-0.3, -0.25) is 0 Å². The number of aromatic nitrogens is 1. The number of hydrogen-bond acceptors (Lipinski definition) is 1. The predicted octanol–water partition coefficient (Wildman–Crippen LogP) is 2.89. The average Bonchev–Trinajstić information content (AvgIpc) is 2.66. The molecule has 0 amide bonds. The number of fused-ring (bicyclic) bond motifs is 1. The minimum Gasteiger partial charge on any atom is -0.350 e. The number of aryl methyl sites for hydroxylation is 2. The number of rotatable bonds is 5. The van der Waals surface area contributed by atoms with Gasteiger partial charge in [-0.25, -0.2) is 0 Å². The van der Waals surface area contributed by atoms with Gasteiger partial charge in [-0.2, -0.15) is 0 Å². The first kappa shape index (κ1) is 12.2. The molecule has 0 radical (unpaired) electrons. The van der Waals surface area contributed by atoms with Gasteiger partial charge in [0.2, 0.25) is 0 Å². The van der Waals surface area contributed by atoms with Crippen molar-refractivity contribution in [3.05, 3.63) is 35.5 Å². The molecule has 0 atom stereocenters. The number of likely N-dealkylation sites (N-methyl/N-ethyl adjacent to an activating group) is 1. The van der Waals surface area contributed by atoms with Crippen LogP contribution < -0.4 is 5.32 Å². The van der Waals surface area contributed by atoms with Crippen LogP contribution in [0.5, 0.6) is 0 Å². The molecule has 1 aromatic heterocycles. The molecular formula is C15H22N2. The Labute approximate surface area is 104 Å². The Morgan fingerprint density at radius 3 is 2.76 bits per heavy atom. The zero-order valence-electron chi connectivity index (χ0n) is 11.1. The number of benzene rings is 1. The summed E-state index contributed by atoms with van der Waals surface area (Å²) in [4.78, 5) is 0. The van der Waals surface area contributed by atoms with Crippen LogP contribution >= 0.6 is 0 Å². The summed E-state index contributed by atoms with van der Waals surface area (Å²) < 4.78 is 2.23. The van der Waals surface area contributed by atoms with E-state index in [4.69, 9.17) is 0 Å². The summed E-state index contributed by atoms with van der Waals surface area (Å²) in [5.41, 5.74) is 4.22. The van der Waals surface area contributed by atoms with Crippen molar-refractivity contribution >= 4 is 10.9 Å². The summed E-state index contributed by atoms with van der Waals surface area (Å²) in [7, 11) is 2.13. The maximum absolute atomic E-state index is 3.39. The minimum atomic E-state index is 1.05. The number of nitrogens with one attached hydrogen (secondary N) is 1. The first-order chi connectivity index (χ1) is 8.26. The van der Waals surface area contributed by atoms with Crippen molar-refractivity contribution in [2.45, 2.75) is 26.7 Å². The third kappa shape index (κ3) is 2.52. The maximum atomic E-state index is 3.39. The smallest absolute Gasteiger partial charge is 0.0480 e.